The normalized spacial score (nSPS) is 14.8. The highest BCUT2D eigenvalue weighted by molar-refractivity contribution is 7.98. The van der Waals surface area contributed by atoms with Crippen LogP contribution in [-0.4, -0.2) is 54.2 Å². The summed E-state index contributed by atoms with van der Waals surface area (Å²) in [5.41, 5.74) is 1.10. The number of rotatable bonds is 5. The summed E-state index contributed by atoms with van der Waals surface area (Å²) in [5, 5.41) is 3.08. The van der Waals surface area contributed by atoms with Gasteiger partial charge < -0.3 is 19.5 Å². The average Bonchev–Trinajstić information content (AvgIpc) is 3.23. The van der Waals surface area contributed by atoms with E-state index in [9.17, 15) is 9.59 Å². The Morgan fingerprint density at radius 2 is 1.93 bits per heavy atom. The number of benzene rings is 1. The molecule has 0 bridgehead atoms. The van der Waals surface area contributed by atoms with Crippen molar-refractivity contribution in [3.63, 3.8) is 0 Å². The molecule has 1 fully saturated rings. The number of amides is 3. The molecule has 1 saturated heterocycles. The molecule has 0 spiro atoms. The molecule has 1 aromatic heterocycles. The summed E-state index contributed by atoms with van der Waals surface area (Å²) >= 11 is 1.70. The average molecular weight is 388 g/mol. The fourth-order valence-corrected chi connectivity index (χ4v) is 3.55. The third-order valence-electron chi connectivity index (χ3n) is 4.77. The summed E-state index contributed by atoms with van der Waals surface area (Å²) in [6.07, 6.45) is 5.04. The summed E-state index contributed by atoms with van der Waals surface area (Å²) in [6, 6.07) is 11.6. The van der Waals surface area contributed by atoms with Crippen LogP contribution in [0.4, 0.5) is 4.79 Å². The topological polar surface area (TPSA) is 65.8 Å². The van der Waals surface area contributed by atoms with Gasteiger partial charge in [0, 0.05) is 37.6 Å². The van der Waals surface area contributed by atoms with E-state index in [4.69, 9.17) is 4.42 Å². The number of carbonyl (C=O) groups excluding carboxylic acids is 2. The molecule has 1 aliphatic heterocycles. The Labute approximate surface area is 163 Å². The summed E-state index contributed by atoms with van der Waals surface area (Å²) in [6.45, 7) is 1.80. The maximum absolute atomic E-state index is 12.5. The zero-order valence-electron chi connectivity index (χ0n) is 15.7. The van der Waals surface area contributed by atoms with Crippen LogP contribution in [0.5, 0.6) is 0 Å². The van der Waals surface area contributed by atoms with Crippen molar-refractivity contribution in [2.24, 2.45) is 0 Å². The first-order chi connectivity index (χ1) is 13.1. The molecule has 27 heavy (non-hydrogen) atoms. The Hall–Kier alpha value is -2.41. The number of nitrogens with zero attached hydrogens (tertiary/aromatic N) is 2. The molecule has 0 radical (unpaired) electrons. The third kappa shape index (κ3) is 5.07. The molecule has 6 nitrogen and oxygen atoms in total. The SMILES string of the molecule is CSc1ccc(CN(C)C(=O)NC2CCN(C(=O)c3ccco3)CC2)cc1. The highest BCUT2D eigenvalue weighted by Crippen LogP contribution is 2.17. The van der Waals surface area contributed by atoms with Gasteiger partial charge in [-0.15, -0.1) is 11.8 Å². The van der Waals surface area contributed by atoms with Crippen LogP contribution in [-0.2, 0) is 6.54 Å². The molecule has 0 atom stereocenters. The van der Waals surface area contributed by atoms with Crippen molar-refractivity contribution in [2.45, 2.75) is 30.3 Å². The molecular formula is C20H25N3O3S. The summed E-state index contributed by atoms with van der Waals surface area (Å²) in [7, 11) is 1.80. The molecule has 144 valence electrons. The maximum atomic E-state index is 12.5. The van der Waals surface area contributed by atoms with E-state index in [-0.39, 0.29) is 18.0 Å². The van der Waals surface area contributed by atoms with Crippen LogP contribution in [0.15, 0.2) is 52.0 Å². The predicted molar refractivity (Wildman–Crippen MR) is 106 cm³/mol. The molecular weight excluding hydrogens is 362 g/mol. The molecule has 2 heterocycles. The molecule has 2 aromatic rings. The third-order valence-corrected chi connectivity index (χ3v) is 5.51. The highest BCUT2D eigenvalue weighted by Gasteiger charge is 2.26. The van der Waals surface area contributed by atoms with E-state index in [0.717, 1.165) is 18.4 Å². The lowest BCUT2D eigenvalue weighted by molar-refractivity contribution is 0.0674. The van der Waals surface area contributed by atoms with Crippen LogP contribution in [0, 0.1) is 0 Å². The van der Waals surface area contributed by atoms with Gasteiger partial charge >= 0.3 is 6.03 Å². The summed E-state index contributed by atoms with van der Waals surface area (Å²) in [4.78, 5) is 29.4. The van der Waals surface area contributed by atoms with Crippen molar-refractivity contribution < 1.29 is 14.0 Å². The van der Waals surface area contributed by atoms with Crippen LogP contribution in [0.25, 0.3) is 0 Å². The molecule has 1 N–H and O–H groups in total. The van der Waals surface area contributed by atoms with E-state index in [1.165, 1.54) is 11.2 Å². The Morgan fingerprint density at radius 1 is 1.22 bits per heavy atom. The van der Waals surface area contributed by atoms with Gasteiger partial charge in [-0.3, -0.25) is 4.79 Å². The van der Waals surface area contributed by atoms with E-state index in [1.54, 1.807) is 40.7 Å². The first-order valence-corrected chi connectivity index (χ1v) is 10.3. The van der Waals surface area contributed by atoms with Crippen LogP contribution >= 0.6 is 11.8 Å². The van der Waals surface area contributed by atoms with Gasteiger partial charge in [-0.25, -0.2) is 4.79 Å². The second kappa shape index (κ2) is 8.99. The Bertz CT molecular complexity index is 753. The van der Waals surface area contributed by atoms with Crippen molar-refractivity contribution in [2.75, 3.05) is 26.4 Å². The van der Waals surface area contributed by atoms with Crippen LogP contribution in [0.3, 0.4) is 0 Å². The van der Waals surface area contributed by atoms with Crippen molar-refractivity contribution in [3.8, 4) is 0 Å². The Morgan fingerprint density at radius 3 is 2.52 bits per heavy atom. The lowest BCUT2D eigenvalue weighted by Crippen LogP contribution is -2.49. The monoisotopic (exact) mass is 387 g/mol. The van der Waals surface area contributed by atoms with Crippen LogP contribution in [0.2, 0.25) is 0 Å². The zero-order chi connectivity index (χ0) is 19.2. The van der Waals surface area contributed by atoms with Crippen molar-refractivity contribution in [1.82, 2.24) is 15.1 Å². The molecule has 1 aliphatic rings. The van der Waals surface area contributed by atoms with Gasteiger partial charge in [-0.2, -0.15) is 0 Å². The molecule has 3 amide bonds. The molecule has 0 unspecified atom stereocenters. The van der Waals surface area contributed by atoms with Crippen LogP contribution in [0.1, 0.15) is 29.0 Å². The molecule has 0 aliphatic carbocycles. The minimum absolute atomic E-state index is 0.0828. The van der Waals surface area contributed by atoms with Crippen molar-refractivity contribution in [1.29, 1.82) is 0 Å². The van der Waals surface area contributed by atoms with Crippen LogP contribution < -0.4 is 5.32 Å². The standard InChI is InChI=1S/C20H25N3O3S/c1-22(14-15-5-7-17(27-2)8-6-15)20(25)21-16-9-11-23(12-10-16)19(24)18-4-3-13-26-18/h3-8,13,16H,9-12,14H2,1-2H3,(H,21,25). The van der Waals surface area contributed by atoms with Gasteiger partial charge in [-0.1, -0.05) is 12.1 Å². The van der Waals surface area contributed by atoms with Gasteiger partial charge in [0.1, 0.15) is 0 Å². The molecule has 7 heteroatoms. The lowest BCUT2D eigenvalue weighted by atomic mass is 10.0. The van der Waals surface area contributed by atoms with Gasteiger partial charge in [0.05, 0.1) is 6.26 Å². The first-order valence-electron chi connectivity index (χ1n) is 9.04. The van der Waals surface area contributed by atoms with E-state index in [0.29, 0.717) is 25.4 Å². The number of nitrogens with one attached hydrogen (secondary N) is 1. The Balaban J connectivity index is 1.45. The van der Waals surface area contributed by atoms with Gasteiger partial charge in [0.2, 0.25) is 0 Å². The molecule has 3 rings (SSSR count). The second-order valence-corrected chi connectivity index (χ2v) is 7.58. The number of likely N-dealkylation sites (tertiary alicyclic amines) is 1. The second-order valence-electron chi connectivity index (χ2n) is 6.70. The van der Waals surface area contributed by atoms with Crippen molar-refractivity contribution >= 4 is 23.7 Å². The number of piperidine rings is 1. The number of hydrogen-bond acceptors (Lipinski definition) is 4. The van der Waals surface area contributed by atoms with E-state index in [1.807, 2.05) is 18.4 Å². The summed E-state index contributed by atoms with van der Waals surface area (Å²) < 4.78 is 5.17. The minimum atomic E-state index is -0.0874. The predicted octanol–water partition coefficient (Wildman–Crippen LogP) is 3.45. The zero-order valence-corrected chi connectivity index (χ0v) is 16.5. The smallest absolute Gasteiger partial charge is 0.317 e. The quantitative estimate of drug-likeness (QED) is 0.798. The number of thioether (sulfide) groups is 1. The van der Waals surface area contributed by atoms with Gasteiger partial charge in [0.15, 0.2) is 5.76 Å². The van der Waals surface area contributed by atoms with Gasteiger partial charge in [0.25, 0.3) is 5.91 Å². The number of carbonyl (C=O) groups is 2. The molecule has 0 saturated carbocycles. The fraction of sp³-hybridized carbons (Fsp3) is 0.400. The first kappa shape index (κ1) is 19.4. The minimum Gasteiger partial charge on any atom is -0.459 e. The summed E-state index contributed by atoms with van der Waals surface area (Å²) in [5.74, 6) is 0.278. The highest BCUT2D eigenvalue weighted by atomic mass is 32.2. The van der Waals surface area contributed by atoms with Gasteiger partial charge in [-0.05, 0) is 48.9 Å². The van der Waals surface area contributed by atoms with E-state index < -0.39 is 0 Å². The maximum Gasteiger partial charge on any atom is 0.317 e. The number of hydrogen-bond donors (Lipinski definition) is 1. The largest absolute Gasteiger partial charge is 0.459 e. The number of urea groups is 1. The Kier molecular flexibility index (Phi) is 6.45. The number of furan rings is 1. The molecule has 1 aromatic carbocycles. The van der Waals surface area contributed by atoms with Crippen molar-refractivity contribution in [3.05, 3.63) is 54.0 Å². The fourth-order valence-electron chi connectivity index (χ4n) is 3.14. The van der Waals surface area contributed by atoms with E-state index >= 15 is 0 Å². The lowest BCUT2D eigenvalue weighted by Gasteiger charge is -2.32. The van der Waals surface area contributed by atoms with E-state index in [2.05, 4.69) is 17.4 Å².